The van der Waals surface area contributed by atoms with Gasteiger partial charge in [-0.25, -0.2) is 4.98 Å². The van der Waals surface area contributed by atoms with E-state index in [1.165, 1.54) is 18.5 Å². The molecular weight excluding hydrogens is 202 g/mol. The molecule has 1 saturated heterocycles. The Bertz CT molecular complexity index is 340. The third-order valence-corrected chi connectivity index (χ3v) is 3.27. The van der Waals surface area contributed by atoms with E-state index in [1.54, 1.807) is 7.11 Å². The molecule has 4 heteroatoms. The molecule has 2 heterocycles. The topological polar surface area (TPSA) is 39.1 Å². The summed E-state index contributed by atoms with van der Waals surface area (Å²) in [6, 6.07) is 0.468. The van der Waals surface area contributed by atoms with Gasteiger partial charge in [0.1, 0.15) is 0 Å². The van der Waals surface area contributed by atoms with Crippen molar-refractivity contribution in [3.63, 3.8) is 0 Å². The van der Waals surface area contributed by atoms with Crippen molar-refractivity contribution in [2.45, 2.75) is 44.9 Å². The Balaban J connectivity index is 2.12. The van der Waals surface area contributed by atoms with Gasteiger partial charge in [0.25, 0.3) is 0 Å². The van der Waals surface area contributed by atoms with Crippen LogP contribution in [0.2, 0.25) is 0 Å². The highest BCUT2D eigenvalue weighted by Gasteiger charge is 2.23. The first kappa shape index (κ1) is 11.6. The molecular formula is C12H21N3O. The van der Waals surface area contributed by atoms with Crippen LogP contribution in [0.1, 0.15) is 38.4 Å². The number of rotatable bonds is 4. The zero-order valence-electron chi connectivity index (χ0n) is 10.4. The van der Waals surface area contributed by atoms with Gasteiger partial charge in [-0.2, -0.15) is 0 Å². The lowest BCUT2D eigenvalue weighted by molar-refractivity contribution is 0.00733. The van der Waals surface area contributed by atoms with Crippen LogP contribution in [0.3, 0.4) is 0 Å². The molecule has 1 N–H and O–H groups in total. The zero-order valence-corrected chi connectivity index (χ0v) is 10.4. The molecule has 0 bridgehead atoms. The minimum atomic E-state index is -0.145. The molecule has 1 atom stereocenters. The number of methoxy groups -OCH3 is 1. The van der Waals surface area contributed by atoms with Crippen molar-refractivity contribution < 1.29 is 4.74 Å². The Kier molecular flexibility index (Phi) is 3.30. The van der Waals surface area contributed by atoms with E-state index in [0.717, 1.165) is 13.1 Å². The van der Waals surface area contributed by atoms with E-state index in [4.69, 9.17) is 4.74 Å². The van der Waals surface area contributed by atoms with Gasteiger partial charge in [0.2, 0.25) is 0 Å². The number of nitrogens with zero attached hydrogens (tertiary/aromatic N) is 2. The molecule has 1 aromatic heterocycles. The third kappa shape index (κ3) is 2.44. The van der Waals surface area contributed by atoms with Crippen molar-refractivity contribution in [3.05, 3.63) is 18.2 Å². The minimum Gasteiger partial charge on any atom is -0.377 e. The second-order valence-electron chi connectivity index (χ2n) is 5.06. The molecule has 0 aliphatic carbocycles. The first-order valence-electron chi connectivity index (χ1n) is 5.91. The molecule has 1 aromatic rings. The normalized spacial score (nSPS) is 21.6. The number of aromatic nitrogens is 2. The summed E-state index contributed by atoms with van der Waals surface area (Å²) in [6.45, 7) is 6.15. The fourth-order valence-corrected chi connectivity index (χ4v) is 2.17. The monoisotopic (exact) mass is 223 g/mol. The summed E-state index contributed by atoms with van der Waals surface area (Å²) in [5, 5.41) is 3.50. The lowest BCUT2D eigenvalue weighted by Crippen LogP contribution is -2.30. The number of imidazole rings is 1. The van der Waals surface area contributed by atoms with Gasteiger partial charge in [-0.05, 0) is 33.2 Å². The van der Waals surface area contributed by atoms with Crippen LogP contribution >= 0.6 is 0 Å². The molecule has 4 nitrogen and oxygen atoms in total. The molecule has 1 fully saturated rings. The van der Waals surface area contributed by atoms with Gasteiger partial charge in [-0.15, -0.1) is 0 Å². The van der Waals surface area contributed by atoms with Crippen LogP contribution in [0.25, 0.3) is 0 Å². The van der Waals surface area contributed by atoms with E-state index in [-0.39, 0.29) is 5.60 Å². The number of hydrogen-bond donors (Lipinski definition) is 1. The molecule has 0 radical (unpaired) electrons. The summed E-state index contributed by atoms with van der Waals surface area (Å²) in [4.78, 5) is 4.25. The fraction of sp³-hybridized carbons (Fsp3) is 0.750. The Labute approximate surface area is 97.0 Å². The maximum Gasteiger partial charge on any atom is 0.0949 e. The SMILES string of the molecule is COC(C)(C)Cn1cncc1C1CCCN1. The number of hydrogen-bond acceptors (Lipinski definition) is 3. The van der Waals surface area contributed by atoms with Crippen LogP contribution in [0, 0.1) is 0 Å². The molecule has 1 aliphatic heterocycles. The largest absolute Gasteiger partial charge is 0.377 e. The summed E-state index contributed by atoms with van der Waals surface area (Å²) < 4.78 is 7.66. The van der Waals surface area contributed by atoms with E-state index in [2.05, 4.69) is 28.7 Å². The quantitative estimate of drug-likeness (QED) is 0.845. The molecule has 1 aliphatic rings. The molecule has 0 saturated carbocycles. The smallest absolute Gasteiger partial charge is 0.0949 e. The van der Waals surface area contributed by atoms with Crippen LogP contribution in [-0.2, 0) is 11.3 Å². The van der Waals surface area contributed by atoms with Crippen molar-refractivity contribution in [2.24, 2.45) is 0 Å². The summed E-state index contributed by atoms with van der Waals surface area (Å²) in [7, 11) is 1.75. The van der Waals surface area contributed by atoms with Gasteiger partial charge in [0.15, 0.2) is 0 Å². The first-order valence-corrected chi connectivity index (χ1v) is 5.91. The van der Waals surface area contributed by atoms with E-state index in [1.807, 2.05) is 12.5 Å². The maximum absolute atomic E-state index is 5.46. The molecule has 0 spiro atoms. The molecule has 2 rings (SSSR count). The van der Waals surface area contributed by atoms with E-state index in [0.29, 0.717) is 6.04 Å². The maximum atomic E-state index is 5.46. The summed E-state index contributed by atoms with van der Waals surface area (Å²) >= 11 is 0. The van der Waals surface area contributed by atoms with Crippen LogP contribution in [0.15, 0.2) is 12.5 Å². The van der Waals surface area contributed by atoms with Crippen LogP contribution in [0.5, 0.6) is 0 Å². The Hall–Kier alpha value is -0.870. The van der Waals surface area contributed by atoms with Gasteiger partial charge in [-0.1, -0.05) is 0 Å². The summed E-state index contributed by atoms with van der Waals surface area (Å²) in [5.74, 6) is 0. The van der Waals surface area contributed by atoms with E-state index in [9.17, 15) is 0 Å². The standard InChI is InChI=1S/C12H21N3O/c1-12(2,16-3)8-15-9-13-7-11(15)10-5-4-6-14-10/h7,9-10,14H,4-6,8H2,1-3H3. The summed E-state index contributed by atoms with van der Waals surface area (Å²) in [5.41, 5.74) is 1.14. The lowest BCUT2D eigenvalue weighted by atomic mass is 10.1. The number of ether oxygens (including phenoxy) is 1. The third-order valence-electron chi connectivity index (χ3n) is 3.27. The van der Waals surface area contributed by atoms with Gasteiger partial charge in [-0.3, -0.25) is 0 Å². The molecule has 90 valence electrons. The second-order valence-corrected chi connectivity index (χ2v) is 5.06. The van der Waals surface area contributed by atoms with Crippen molar-refractivity contribution >= 4 is 0 Å². The predicted octanol–water partition coefficient (Wildman–Crippen LogP) is 1.73. The first-order chi connectivity index (χ1) is 7.62. The average Bonchev–Trinajstić information content (AvgIpc) is 2.86. The molecule has 0 aromatic carbocycles. The molecule has 0 amide bonds. The predicted molar refractivity (Wildman–Crippen MR) is 63.3 cm³/mol. The van der Waals surface area contributed by atoms with E-state index < -0.39 is 0 Å². The highest BCUT2D eigenvalue weighted by Crippen LogP contribution is 2.24. The van der Waals surface area contributed by atoms with Crippen LogP contribution in [0.4, 0.5) is 0 Å². The Morgan fingerprint density at radius 1 is 1.62 bits per heavy atom. The average molecular weight is 223 g/mol. The number of nitrogens with one attached hydrogen (secondary N) is 1. The van der Waals surface area contributed by atoms with Gasteiger partial charge in [0.05, 0.1) is 24.2 Å². The highest BCUT2D eigenvalue weighted by molar-refractivity contribution is 5.07. The fourth-order valence-electron chi connectivity index (χ4n) is 2.17. The van der Waals surface area contributed by atoms with Crippen molar-refractivity contribution in [1.82, 2.24) is 14.9 Å². The lowest BCUT2D eigenvalue weighted by Gasteiger charge is -2.25. The summed E-state index contributed by atoms with van der Waals surface area (Å²) in [6.07, 6.45) is 6.33. The zero-order chi connectivity index (χ0) is 11.6. The second kappa shape index (κ2) is 4.55. The Morgan fingerprint density at radius 3 is 3.06 bits per heavy atom. The Morgan fingerprint density at radius 2 is 2.44 bits per heavy atom. The van der Waals surface area contributed by atoms with E-state index >= 15 is 0 Å². The van der Waals surface area contributed by atoms with Crippen molar-refractivity contribution in [3.8, 4) is 0 Å². The van der Waals surface area contributed by atoms with Gasteiger partial charge < -0.3 is 14.6 Å². The van der Waals surface area contributed by atoms with Crippen molar-refractivity contribution in [2.75, 3.05) is 13.7 Å². The van der Waals surface area contributed by atoms with Crippen molar-refractivity contribution in [1.29, 1.82) is 0 Å². The van der Waals surface area contributed by atoms with Crippen LogP contribution in [-0.4, -0.2) is 28.8 Å². The van der Waals surface area contributed by atoms with Crippen LogP contribution < -0.4 is 5.32 Å². The minimum absolute atomic E-state index is 0.145. The molecule has 16 heavy (non-hydrogen) atoms. The highest BCUT2D eigenvalue weighted by atomic mass is 16.5. The molecule has 1 unspecified atom stereocenters. The van der Waals surface area contributed by atoms with Gasteiger partial charge in [0, 0.05) is 19.3 Å². The van der Waals surface area contributed by atoms with Gasteiger partial charge >= 0.3 is 0 Å².